The largest absolute Gasteiger partial charge is 0.368 e. The molecule has 0 aliphatic heterocycles. The highest BCUT2D eigenvalue weighted by atomic mass is 35.5. The van der Waals surface area contributed by atoms with E-state index in [4.69, 9.17) is 21.9 Å². The smallest absolute Gasteiger partial charge is 0.222 e. The summed E-state index contributed by atoms with van der Waals surface area (Å²) in [6, 6.07) is 5.05. The topological polar surface area (TPSA) is 64.9 Å². The first-order valence-electron chi connectivity index (χ1n) is 3.60. The van der Waals surface area contributed by atoms with Crippen molar-refractivity contribution in [2.75, 3.05) is 5.73 Å². The zero-order chi connectivity index (χ0) is 9.26. The van der Waals surface area contributed by atoms with Gasteiger partial charge in [0.2, 0.25) is 5.88 Å². The van der Waals surface area contributed by atoms with Crippen molar-refractivity contribution in [3.8, 4) is 11.4 Å². The summed E-state index contributed by atoms with van der Waals surface area (Å²) >= 11 is 5.88. The van der Waals surface area contributed by atoms with E-state index in [-0.39, 0.29) is 5.88 Å². The highest BCUT2D eigenvalue weighted by Crippen LogP contribution is 2.24. The molecular formula is C8H6ClN3O. The minimum absolute atomic E-state index is 0.247. The molecule has 13 heavy (non-hydrogen) atoms. The highest BCUT2D eigenvalue weighted by Gasteiger charge is 2.08. The van der Waals surface area contributed by atoms with E-state index in [1.807, 2.05) is 0 Å². The van der Waals surface area contributed by atoms with Gasteiger partial charge in [-0.05, 0) is 12.1 Å². The van der Waals surface area contributed by atoms with E-state index in [1.54, 1.807) is 24.4 Å². The molecule has 0 radical (unpaired) electrons. The lowest BCUT2D eigenvalue weighted by Gasteiger charge is -1.95. The van der Waals surface area contributed by atoms with Crippen molar-refractivity contribution in [3.63, 3.8) is 0 Å². The second-order valence-corrected chi connectivity index (χ2v) is 2.86. The van der Waals surface area contributed by atoms with Crippen molar-refractivity contribution in [1.29, 1.82) is 0 Å². The van der Waals surface area contributed by atoms with Crippen molar-refractivity contribution < 1.29 is 4.52 Å². The zero-order valence-electron chi connectivity index (χ0n) is 6.57. The van der Waals surface area contributed by atoms with Gasteiger partial charge in [0.15, 0.2) is 0 Å². The normalized spacial score (nSPS) is 10.2. The lowest BCUT2D eigenvalue weighted by atomic mass is 10.3. The van der Waals surface area contributed by atoms with Gasteiger partial charge in [-0.1, -0.05) is 16.8 Å². The van der Waals surface area contributed by atoms with E-state index in [0.717, 1.165) is 0 Å². The summed E-state index contributed by atoms with van der Waals surface area (Å²) in [6.45, 7) is 0. The number of halogens is 1. The quantitative estimate of drug-likeness (QED) is 0.756. The van der Waals surface area contributed by atoms with Gasteiger partial charge in [-0.15, -0.1) is 0 Å². The number of anilines is 1. The third-order valence-corrected chi connectivity index (χ3v) is 1.83. The summed E-state index contributed by atoms with van der Waals surface area (Å²) < 4.78 is 4.70. The van der Waals surface area contributed by atoms with Crippen molar-refractivity contribution in [2.24, 2.45) is 0 Å². The van der Waals surface area contributed by atoms with E-state index < -0.39 is 0 Å². The molecular weight excluding hydrogens is 190 g/mol. The molecule has 2 aromatic heterocycles. The van der Waals surface area contributed by atoms with Gasteiger partial charge in [-0.3, -0.25) is 4.98 Å². The molecule has 0 aliphatic rings. The van der Waals surface area contributed by atoms with Crippen LogP contribution in [0.15, 0.2) is 28.9 Å². The molecule has 0 amide bonds. The molecule has 0 saturated carbocycles. The van der Waals surface area contributed by atoms with Gasteiger partial charge in [0.1, 0.15) is 11.4 Å². The second-order valence-electron chi connectivity index (χ2n) is 2.45. The second kappa shape index (κ2) is 3.06. The van der Waals surface area contributed by atoms with E-state index >= 15 is 0 Å². The molecule has 0 atom stereocenters. The standard InChI is InChI=1S/C8H6ClN3O/c9-5-2-1-3-11-8(5)6-4-7(10)13-12-6/h1-4H,10H2. The Hall–Kier alpha value is -1.55. The maximum absolute atomic E-state index is 5.88. The minimum atomic E-state index is 0.247. The number of hydrogen-bond donors (Lipinski definition) is 1. The van der Waals surface area contributed by atoms with Crippen molar-refractivity contribution in [2.45, 2.75) is 0 Å². The maximum Gasteiger partial charge on any atom is 0.222 e. The lowest BCUT2D eigenvalue weighted by molar-refractivity contribution is 0.439. The van der Waals surface area contributed by atoms with Gasteiger partial charge >= 0.3 is 0 Å². The maximum atomic E-state index is 5.88. The predicted octanol–water partition coefficient (Wildman–Crippen LogP) is 1.97. The van der Waals surface area contributed by atoms with Gasteiger partial charge in [-0.2, -0.15) is 0 Å². The van der Waals surface area contributed by atoms with Crippen LogP contribution in [0.5, 0.6) is 0 Å². The fourth-order valence-electron chi connectivity index (χ4n) is 0.975. The van der Waals surface area contributed by atoms with Crippen LogP contribution in [-0.4, -0.2) is 10.1 Å². The zero-order valence-corrected chi connectivity index (χ0v) is 7.32. The minimum Gasteiger partial charge on any atom is -0.368 e. The van der Waals surface area contributed by atoms with Gasteiger partial charge in [0, 0.05) is 12.3 Å². The molecule has 2 N–H and O–H groups in total. The van der Waals surface area contributed by atoms with Gasteiger partial charge in [0.05, 0.1) is 5.02 Å². The number of pyridine rings is 1. The first-order valence-corrected chi connectivity index (χ1v) is 3.98. The lowest BCUT2D eigenvalue weighted by Crippen LogP contribution is -1.83. The molecule has 0 spiro atoms. The van der Waals surface area contributed by atoms with Crippen LogP contribution in [0.1, 0.15) is 0 Å². The Labute approximate surface area is 79.3 Å². The van der Waals surface area contributed by atoms with Crippen molar-refractivity contribution in [3.05, 3.63) is 29.4 Å². The number of rotatable bonds is 1. The van der Waals surface area contributed by atoms with E-state index in [2.05, 4.69) is 10.1 Å². The Morgan fingerprint density at radius 2 is 2.31 bits per heavy atom. The summed E-state index contributed by atoms with van der Waals surface area (Å²) in [4.78, 5) is 4.05. The van der Waals surface area contributed by atoms with E-state index in [0.29, 0.717) is 16.4 Å². The van der Waals surface area contributed by atoms with Crippen molar-refractivity contribution in [1.82, 2.24) is 10.1 Å². The van der Waals surface area contributed by atoms with Gasteiger partial charge in [0.25, 0.3) is 0 Å². The summed E-state index contributed by atoms with van der Waals surface area (Å²) in [5, 5.41) is 4.22. The van der Waals surface area contributed by atoms with Crippen LogP contribution >= 0.6 is 11.6 Å². The fourth-order valence-corrected chi connectivity index (χ4v) is 1.19. The van der Waals surface area contributed by atoms with E-state index in [9.17, 15) is 0 Å². The van der Waals surface area contributed by atoms with Crippen LogP contribution in [0.2, 0.25) is 5.02 Å². The van der Waals surface area contributed by atoms with Gasteiger partial charge < -0.3 is 10.3 Å². The van der Waals surface area contributed by atoms with Gasteiger partial charge in [-0.25, -0.2) is 0 Å². The van der Waals surface area contributed by atoms with Crippen LogP contribution in [0, 0.1) is 0 Å². The third kappa shape index (κ3) is 1.48. The molecule has 5 heteroatoms. The number of aromatic nitrogens is 2. The number of nitrogens with two attached hydrogens (primary N) is 1. The molecule has 0 saturated heterocycles. The summed E-state index contributed by atoms with van der Waals surface area (Å²) in [5.74, 6) is 0.247. The summed E-state index contributed by atoms with van der Waals surface area (Å²) in [5.41, 5.74) is 6.48. The van der Waals surface area contributed by atoms with Crippen LogP contribution in [-0.2, 0) is 0 Å². The predicted molar refractivity (Wildman–Crippen MR) is 49.2 cm³/mol. The Kier molecular flexibility index (Phi) is 1.90. The van der Waals surface area contributed by atoms with Crippen LogP contribution in [0.25, 0.3) is 11.4 Å². The average Bonchev–Trinajstić information content (AvgIpc) is 2.53. The summed E-state index contributed by atoms with van der Waals surface area (Å²) in [7, 11) is 0. The number of nitrogen functional groups attached to an aromatic ring is 1. The van der Waals surface area contributed by atoms with Crippen LogP contribution in [0.4, 0.5) is 5.88 Å². The Bertz CT molecular complexity index is 427. The van der Waals surface area contributed by atoms with E-state index in [1.165, 1.54) is 0 Å². The highest BCUT2D eigenvalue weighted by molar-refractivity contribution is 6.32. The molecule has 0 aromatic carbocycles. The Morgan fingerprint density at radius 1 is 1.46 bits per heavy atom. The van der Waals surface area contributed by atoms with Crippen LogP contribution in [0.3, 0.4) is 0 Å². The van der Waals surface area contributed by atoms with Crippen LogP contribution < -0.4 is 5.73 Å². The average molecular weight is 196 g/mol. The fraction of sp³-hybridized carbons (Fsp3) is 0. The van der Waals surface area contributed by atoms with Crippen molar-refractivity contribution >= 4 is 17.5 Å². The first kappa shape index (κ1) is 8.07. The molecule has 2 heterocycles. The molecule has 2 aromatic rings. The molecule has 0 fully saturated rings. The molecule has 4 nitrogen and oxygen atoms in total. The molecule has 66 valence electrons. The molecule has 0 unspecified atom stereocenters. The monoisotopic (exact) mass is 195 g/mol. The third-order valence-electron chi connectivity index (χ3n) is 1.53. The number of hydrogen-bond acceptors (Lipinski definition) is 4. The Balaban J connectivity index is 2.52. The molecule has 2 rings (SSSR count). The molecule has 0 bridgehead atoms. The Morgan fingerprint density at radius 3 is 2.92 bits per heavy atom. The number of nitrogens with zero attached hydrogens (tertiary/aromatic N) is 2. The molecule has 0 aliphatic carbocycles. The first-order chi connectivity index (χ1) is 6.27. The SMILES string of the molecule is Nc1cc(-c2ncccc2Cl)no1. The summed E-state index contributed by atoms with van der Waals surface area (Å²) in [6.07, 6.45) is 1.63.